The largest absolute Gasteiger partial charge is 0.497 e. The number of aromatic nitrogens is 1. The molecule has 0 saturated carbocycles. The zero-order valence-corrected chi connectivity index (χ0v) is 23.2. The molecule has 40 heavy (non-hydrogen) atoms. The number of carboxylic acids is 1. The summed E-state index contributed by atoms with van der Waals surface area (Å²) in [5.74, 6) is -2.90. The molecular weight excluding hydrogens is 543 g/mol. The van der Waals surface area contributed by atoms with E-state index < -0.39 is 34.9 Å². The molecule has 0 unspecified atom stereocenters. The molecule has 2 aromatic carbocycles. The smallest absolute Gasteiger partial charge is 0.303 e. The van der Waals surface area contributed by atoms with Gasteiger partial charge in [-0.3, -0.25) is 9.78 Å². The summed E-state index contributed by atoms with van der Waals surface area (Å²) in [4.78, 5) is 18.3. The van der Waals surface area contributed by atoms with Crippen LogP contribution in [0.15, 0.2) is 41.4 Å². The Balaban J connectivity index is 1.41. The Labute approximate surface area is 235 Å². The first-order chi connectivity index (χ1) is 19.1. The summed E-state index contributed by atoms with van der Waals surface area (Å²) in [5.41, 5.74) is 7.60. The van der Waals surface area contributed by atoms with Crippen molar-refractivity contribution in [1.29, 1.82) is 0 Å². The van der Waals surface area contributed by atoms with Crippen molar-refractivity contribution in [2.24, 2.45) is 11.1 Å². The summed E-state index contributed by atoms with van der Waals surface area (Å²) >= 11 is 1.05. The number of nitrogens with two attached hydrogens (primary N) is 1. The summed E-state index contributed by atoms with van der Waals surface area (Å²) in [5, 5.41) is 21.8. The number of nitrogens with zero attached hydrogens (tertiary/aromatic N) is 2. The molecule has 7 nitrogen and oxygen atoms in total. The zero-order chi connectivity index (χ0) is 28.9. The number of aliphatic hydroxyl groups is 1. The molecule has 11 heteroatoms. The number of methoxy groups -OCH3 is 1. The van der Waals surface area contributed by atoms with E-state index in [1.54, 1.807) is 19.4 Å². The van der Waals surface area contributed by atoms with Crippen LogP contribution in [0.1, 0.15) is 49.3 Å². The van der Waals surface area contributed by atoms with Crippen LogP contribution in [-0.2, 0) is 11.3 Å². The average molecular weight is 578 g/mol. The van der Waals surface area contributed by atoms with Crippen molar-refractivity contribution in [1.82, 2.24) is 9.88 Å². The lowest BCUT2D eigenvalue weighted by Gasteiger charge is -2.41. The van der Waals surface area contributed by atoms with Gasteiger partial charge in [-0.2, -0.15) is 0 Å². The zero-order valence-electron chi connectivity index (χ0n) is 22.3. The Bertz CT molecular complexity index is 1350. The van der Waals surface area contributed by atoms with E-state index in [0.717, 1.165) is 28.8 Å². The highest BCUT2D eigenvalue weighted by molar-refractivity contribution is 7.99. The van der Waals surface area contributed by atoms with Gasteiger partial charge in [-0.25, -0.2) is 13.2 Å². The van der Waals surface area contributed by atoms with Crippen LogP contribution in [-0.4, -0.2) is 58.6 Å². The molecule has 0 bridgehead atoms. The summed E-state index contributed by atoms with van der Waals surface area (Å²) in [6.45, 7) is 2.03. The number of carboxylic acid groups (broad SMARTS) is 1. The first kappa shape index (κ1) is 30.1. The summed E-state index contributed by atoms with van der Waals surface area (Å²) in [6, 6.07) is 6.96. The minimum absolute atomic E-state index is 0.00917. The molecule has 0 aliphatic carbocycles. The lowest BCUT2D eigenvalue weighted by Crippen LogP contribution is -2.42. The van der Waals surface area contributed by atoms with Gasteiger partial charge >= 0.3 is 5.97 Å². The van der Waals surface area contributed by atoms with Gasteiger partial charge in [0, 0.05) is 41.4 Å². The topological polar surface area (TPSA) is 109 Å². The highest BCUT2D eigenvalue weighted by Crippen LogP contribution is 2.42. The number of ether oxygens (including phenoxy) is 1. The molecule has 1 aliphatic rings. The normalized spacial score (nSPS) is 16.2. The summed E-state index contributed by atoms with van der Waals surface area (Å²) < 4.78 is 46.2. The maximum absolute atomic E-state index is 13.9. The van der Waals surface area contributed by atoms with Crippen LogP contribution in [0.2, 0.25) is 0 Å². The molecule has 0 amide bonds. The molecule has 1 fully saturated rings. The fraction of sp³-hybridized carbons (Fsp3) is 0.448. The fourth-order valence-electron chi connectivity index (χ4n) is 5.51. The van der Waals surface area contributed by atoms with E-state index in [4.69, 9.17) is 10.5 Å². The van der Waals surface area contributed by atoms with Crippen molar-refractivity contribution < 1.29 is 32.9 Å². The number of rotatable bonds is 12. The number of carbonyl (C=O) groups is 1. The van der Waals surface area contributed by atoms with Crippen LogP contribution in [0.4, 0.5) is 13.2 Å². The number of aliphatic carboxylic acids is 1. The maximum atomic E-state index is 13.9. The Hall–Kier alpha value is -2.86. The second kappa shape index (κ2) is 13.2. The van der Waals surface area contributed by atoms with Crippen molar-refractivity contribution in [3.8, 4) is 5.75 Å². The molecule has 216 valence electrons. The number of aliphatic hydroxyl groups excluding tert-OH is 1. The van der Waals surface area contributed by atoms with E-state index in [1.807, 2.05) is 12.1 Å². The molecule has 0 spiro atoms. The molecule has 0 radical (unpaired) electrons. The molecule has 2 heterocycles. The van der Waals surface area contributed by atoms with Crippen LogP contribution in [0.5, 0.6) is 5.75 Å². The Morgan fingerprint density at radius 3 is 2.65 bits per heavy atom. The molecule has 1 saturated heterocycles. The summed E-state index contributed by atoms with van der Waals surface area (Å²) in [6.07, 6.45) is 2.90. The van der Waals surface area contributed by atoms with Gasteiger partial charge in [0.1, 0.15) is 11.6 Å². The SMILES string of the molecule is COc1ccc2ncc(CN)c([C@@H](O)CCC3(CC(=O)O)CCN(CCSc4cc(F)cc(F)c4F)CC3)c2c1. The Kier molecular flexibility index (Phi) is 9.94. The maximum Gasteiger partial charge on any atom is 0.303 e. The monoisotopic (exact) mass is 577 g/mol. The predicted molar refractivity (Wildman–Crippen MR) is 148 cm³/mol. The van der Waals surface area contributed by atoms with E-state index in [2.05, 4.69) is 9.88 Å². The molecule has 1 atom stereocenters. The third-order valence-corrected chi connectivity index (χ3v) is 8.76. The van der Waals surface area contributed by atoms with E-state index in [0.29, 0.717) is 74.0 Å². The number of fused-ring (bicyclic) bond motifs is 1. The van der Waals surface area contributed by atoms with Crippen LogP contribution in [0.25, 0.3) is 10.9 Å². The Morgan fingerprint density at radius 2 is 1.98 bits per heavy atom. The van der Waals surface area contributed by atoms with Crippen LogP contribution in [0.3, 0.4) is 0 Å². The van der Waals surface area contributed by atoms with Crippen LogP contribution < -0.4 is 10.5 Å². The highest BCUT2D eigenvalue weighted by Gasteiger charge is 2.37. The number of thioether (sulfide) groups is 1. The molecule has 1 aromatic heterocycles. The first-order valence-corrected chi connectivity index (χ1v) is 14.2. The van der Waals surface area contributed by atoms with Gasteiger partial charge in [0.2, 0.25) is 0 Å². The number of likely N-dealkylation sites (tertiary alicyclic amines) is 1. The van der Waals surface area contributed by atoms with Crippen molar-refractivity contribution in [2.75, 3.05) is 32.5 Å². The van der Waals surface area contributed by atoms with E-state index >= 15 is 0 Å². The van der Waals surface area contributed by atoms with Gasteiger partial charge in [-0.15, -0.1) is 11.8 Å². The van der Waals surface area contributed by atoms with Crippen molar-refractivity contribution >= 4 is 28.6 Å². The van der Waals surface area contributed by atoms with Crippen molar-refractivity contribution in [2.45, 2.75) is 49.6 Å². The minimum Gasteiger partial charge on any atom is -0.497 e. The van der Waals surface area contributed by atoms with E-state index in [1.165, 1.54) is 0 Å². The van der Waals surface area contributed by atoms with Crippen molar-refractivity contribution in [3.63, 3.8) is 0 Å². The van der Waals surface area contributed by atoms with E-state index in [9.17, 15) is 28.2 Å². The number of hydrogen-bond acceptors (Lipinski definition) is 7. The van der Waals surface area contributed by atoms with Gasteiger partial charge in [0.05, 0.1) is 25.2 Å². The quantitative estimate of drug-likeness (QED) is 0.197. The third kappa shape index (κ3) is 7.06. The summed E-state index contributed by atoms with van der Waals surface area (Å²) in [7, 11) is 1.57. The van der Waals surface area contributed by atoms with E-state index in [-0.39, 0.29) is 17.9 Å². The second-order valence-electron chi connectivity index (χ2n) is 10.3. The lowest BCUT2D eigenvalue weighted by atomic mass is 9.71. The second-order valence-corrected chi connectivity index (χ2v) is 11.4. The molecular formula is C29H34F3N3O4S. The molecule has 4 rings (SSSR count). The number of halogens is 3. The average Bonchev–Trinajstić information content (AvgIpc) is 2.94. The van der Waals surface area contributed by atoms with Gasteiger partial charge in [-0.05, 0) is 79.6 Å². The standard InChI is InChI=1S/C29H34F3N3O4S/c1-39-20-2-3-23-21(14-20)27(18(16-33)17-34-23)24(36)4-5-29(15-26(37)38)6-8-35(9-7-29)10-11-40-25-13-19(30)12-22(31)28(25)32/h2-3,12-14,17,24,36H,4-11,15-16,33H2,1H3,(H,37,38)/t24-/m0/s1. The first-order valence-electron chi connectivity index (χ1n) is 13.2. The molecule has 3 aromatic rings. The number of hydrogen-bond donors (Lipinski definition) is 3. The molecule has 4 N–H and O–H groups in total. The van der Waals surface area contributed by atoms with Gasteiger partial charge in [0.25, 0.3) is 0 Å². The highest BCUT2D eigenvalue weighted by atomic mass is 32.2. The Morgan fingerprint density at radius 1 is 1.23 bits per heavy atom. The fourth-order valence-corrected chi connectivity index (χ4v) is 6.50. The molecule has 1 aliphatic heterocycles. The van der Waals surface area contributed by atoms with Crippen molar-refractivity contribution in [3.05, 3.63) is 65.1 Å². The minimum atomic E-state index is -1.21. The van der Waals surface area contributed by atoms with Crippen LogP contribution >= 0.6 is 11.8 Å². The number of benzene rings is 2. The van der Waals surface area contributed by atoms with Crippen LogP contribution in [0, 0.1) is 22.9 Å². The van der Waals surface area contributed by atoms with Gasteiger partial charge in [0.15, 0.2) is 11.6 Å². The van der Waals surface area contributed by atoms with Gasteiger partial charge in [-0.1, -0.05) is 0 Å². The number of piperidine rings is 1. The predicted octanol–water partition coefficient (Wildman–Crippen LogP) is 5.28. The lowest BCUT2D eigenvalue weighted by molar-refractivity contribution is -0.141. The third-order valence-electron chi connectivity index (χ3n) is 7.77. The van der Waals surface area contributed by atoms with Gasteiger partial charge < -0.3 is 25.6 Å². The number of pyridine rings is 1.